The zero-order chi connectivity index (χ0) is 11.5. The molecular weight excluding hydrogens is 202 g/mol. The zero-order valence-corrected chi connectivity index (χ0v) is 9.11. The highest BCUT2D eigenvalue weighted by atomic mass is 16.5. The molecular formula is C12H11N3O. The molecule has 0 atom stereocenters. The van der Waals surface area contributed by atoms with Crippen molar-refractivity contribution < 1.29 is 4.74 Å². The molecule has 4 nitrogen and oxygen atoms in total. The Morgan fingerprint density at radius 2 is 2.25 bits per heavy atom. The van der Waals surface area contributed by atoms with Gasteiger partial charge >= 0.3 is 0 Å². The summed E-state index contributed by atoms with van der Waals surface area (Å²) in [5, 5.41) is 8.88. The summed E-state index contributed by atoms with van der Waals surface area (Å²) in [7, 11) is 1.64. The topological polar surface area (TPSA) is 61.7 Å². The lowest BCUT2D eigenvalue weighted by atomic mass is 10.1. The van der Waals surface area contributed by atoms with Crippen molar-refractivity contribution in [2.24, 2.45) is 0 Å². The Hall–Kier alpha value is -2.28. The summed E-state index contributed by atoms with van der Waals surface area (Å²) in [6.45, 7) is 1.96. The number of ether oxygens (including phenoxy) is 1. The van der Waals surface area contributed by atoms with Crippen molar-refractivity contribution in [1.29, 1.82) is 5.26 Å². The molecule has 0 saturated carbocycles. The molecule has 1 N–H and O–H groups in total. The van der Waals surface area contributed by atoms with Crippen molar-refractivity contribution in [1.82, 2.24) is 9.97 Å². The van der Waals surface area contributed by atoms with Crippen LogP contribution in [0.25, 0.3) is 11.3 Å². The van der Waals surface area contributed by atoms with Gasteiger partial charge in [-0.25, -0.2) is 4.98 Å². The number of aromatic amines is 1. The van der Waals surface area contributed by atoms with E-state index in [0.717, 1.165) is 22.6 Å². The number of hydrogen-bond acceptors (Lipinski definition) is 3. The number of benzene rings is 1. The molecule has 0 aliphatic rings. The van der Waals surface area contributed by atoms with Crippen molar-refractivity contribution in [3.05, 3.63) is 35.8 Å². The number of rotatable bonds is 2. The third-order valence-corrected chi connectivity index (χ3v) is 2.43. The summed E-state index contributed by atoms with van der Waals surface area (Å²) in [6, 6.07) is 7.80. The van der Waals surface area contributed by atoms with Gasteiger partial charge in [0.15, 0.2) is 5.69 Å². The summed E-state index contributed by atoms with van der Waals surface area (Å²) in [5.41, 5.74) is 3.11. The maximum atomic E-state index is 8.88. The SMILES string of the molecule is COc1ccc(-c2[nH]cnc2C#N)cc1C. The average molecular weight is 213 g/mol. The smallest absolute Gasteiger partial charge is 0.166 e. The van der Waals surface area contributed by atoms with Gasteiger partial charge in [-0.05, 0) is 30.7 Å². The van der Waals surface area contributed by atoms with E-state index in [9.17, 15) is 0 Å². The standard InChI is InChI=1S/C12H11N3O/c1-8-5-9(3-4-11(8)16-2)12-10(6-13)14-7-15-12/h3-5,7H,1-2H3,(H,14,15). The van der Waals surface area contributed by atoms with E-state index in [-0.39, 0.29) is 0 Å². The highest BCUT2D eigenvalue weighted by Gasteiger charge is 2.08. The minimum absolute atomic E-state index is 0.407. The molecule has 0 spiro atoms. The fraction of sp³-hybridized carbons (Fsp3) is 0.167. The molecule has 16 heavy (non-hydrogen) atoms. The van der Waals surface area contributed by atoms with Gasteiger partial charge < -0.3 is 9.72 Å². The quantitative estimate of drug-likeness (QED) is 0.832. The predicted molar refractivity (Wildman–Crippen MR) is 60.0 cm³/mol. The molecule has 2 aromatic rings. The third-order valence-electron chi connectivity index (χ3n) is 2.43. The van der Waals surface area contributed by atoms with E-state index in [0.29, 0.717) is 5.69 Å². The van der Waals surface area contributed by atoms with Crippen LogP contribution < -0.4 is 4.74 Å². The Labute approximate surface area is 93.5 Å². The fourth-order valence-electron chi connectivity index (χ4n) is 1.63. The van der Waals surface area contributed by atoms with Crippen molar-refractivity contribution in [3.8, 4) is 23.1 Å². The molecule has 0 bridgehead atoms. The van der Waals surface area contributed by atoms with Gasteiger partial charge in [0.2, 0.25) is 0 Å². The van der Waals surface area contributed by atoms with E-state index >= 15 is 0 Å². The molecule has 80 valence electrons. The Bertz CT molecular complexity index is 552. The van der Waals surface area contributed by atoms with Crippen LogP contribution >= 0.6 is 0 Å². The average Bonchev–Trinajstić information content (AvgIpc) is 2.77. The lowest BCUT2D eigenvalue weighted by Gasteiger charge is -2.06. The lowest BCUT2D eigenvalue weighted by Crippen LogP contribution is -1.89. The van der Waals surface area contributed by atoms with E-state index in [1.165, 1.54) is 6.33 Å². The zero-order valence-electron chi connectivity index (χ0n) is 9.11. The van der Waals surface area contributed by atoms with Crippen LogP contribution in [-0.4, -0.2) is 17.1 Å². The molecule has 1 aromatic heterocycles. The second-order valence-corrected chi connectivity index (χ2v) is 3.42. The normalized spacial score (nSPS) is 9.81. The van der Waals surface area contributed by atoms with Crippen LogP contribution in [0.5, 0.6) is 5.75 Å². The number of methoxy groups -OCH3 is 1. The number of nitrogens with one attached hydrogen (secondary N) is 1. The monoisotopic (exact) mass is 213 g/mol. The Balaban J connectivity index is 2.50. The van der Waals surface area contributed by atoms with Crippen LogP contribution in [0.15, 0.2) is 24.5 Å². The van der Waals surface area contributed by atoms with Gasteiger partial charge in [0, 0.05) is 5.56 Å². The minimum Gasteiger partial charge on any atom is -0.496 e. The minimum atomic E-state index is 0.407. The van der Waals surface area contributed by atoms with Crippen molar-refractivity contribution >= 4 is 0 Å². The van der Waals surface area contributed by atoms with Crippen molar-refractivity contribution in [2.45, 2.75) is 6.92 Å². The van der Waals surface area contributed by atoms with E-state index < -0.39 is 0 Å². The number of aromatic nitrogens is 2. The summed E-state index contributed by atoms with van der Waals surface area (Å²) in [6.07, 6.45) is 1.52. The Morgan fingerprint density at radius 3 is 2.88 bits per heavy atom. The van der Waals surface area contributed by atoms with E-state index in [4.69, 9.17) is 10.00 Å². The van der Waals surface area contributed by atoms with E-state index in [2.05, 4.69) is 9.97 Å². The lowest BCUT2D eigenvalue weighted by molar-refractivity contribution is 0.412. The molecule has 0 aliphatic carbocycles. The first-order valence-electron chi connectivity index (χ1n) is 4.84. The van der Waals surface area contributed by atoms with Gasteiger partial charge in [0.25, 0.3) is 0 Å². The first-order valence-corrected chi connectivity index (χ1v) is 4.84. The molecule has 0 fully saturated rings. The van der Waals surface area contributed by atoms with Crippen LogP contribution in [0.3, 0.4) is 0 Å². The van der Waals surface area contributed by atoms with E-state index in [1.807, 2.05) is 31.2 Å². The highest BCUT2D eigenvalue weighted by molar-refractivity contribution is 5.66. The Kier molecular flexibility index (Phi) is 2.61. The number of nitrogens with zero attached hydrogens (tertiary/aromatic N) is 2. The maximum Gasteiger partial charge on any atom is 0.166 e. The van der Waals surface area contributed by atoms with E-state index in [1.54, 1.807) is 7.11 Å². The molecule has 4 heteroatoms. The molecule has 0 saturated heterocycles. The number of imidazole rings is 1. The molecule has 0 aliphatic heterocycles. The van der Waals surface area contributed by atoms with Crippen molar-refractivity contribution in [3.63, 3.8) is 0 Å². The Morgan fingerprint density at radius 1 is 1.44 bits per heavy atom. The van der Waals surface area contributed by atoms with Crippen LogP contribution in [0, 0.1) is 18.3 Å². The molecule has 0 amide bonds. The first-order chi connectivity index (χ1) is 7.76. The second-order valence-electron chi connectivity index (χ2n) is 3.42. The number of H-pyrrole nitrogens is 1. The predicted octanol–water partition coefficient (Wildman–Crippen LogP) is 2.27. The van der Waals surface area contributed by atoms with Crippen LogP contribution in [0.2, 0.25) is 0 Å². The third kappa shape index (κ3) is 1.63. The summed E-state index contributed by atoms with van der Waals surface area (Å²) < 4.78 is 5.18. The number of nitriles is 1. The fourth-order valence-corrected chi connectivity index (χ4v) is 1.63. The number of hydrogen-bond donors (Lipinski definition) is 1. The van der Waals surface area contributed by atoms with Crippen LogP contribution in [0.1, 0.15) is 11.3 Å². The molecule has 1 heterocycles. The first kappa shape index (κ1) is 10.2. The summed E-state index contributed by atoms with van der Waals surface area (Å²) in [4.78, 5) is 6.90. The summed E-state index contributed by atoms with van der Waals surface area (Å²) in [5.74, 6) is 0.835. The van der Waals surface area contributed by atoms with Gasteiger partial charge in [0.05, 0.1) is 19.1 Å². The van der Waals surface area contributed by atoms with Crippen LogP contribution in [0.4, 0.5) is 0 Å². The van der Waals surface area contributed by atoms with Gasteiger partial charge in [-0.1, -0.05) is 0 Å². The van der Waals surface area contributed by atoms with Crippen LogP contribution in [-0.2, 0) is 0 Å². The maximum absolute atomic E-state index is 8.88. The second kappa shape index (κ2) is 4.07. The van der Waals surface area contributed by atoms with Gasteiger partial charge in [-0.2, -0.15) is 5.26 Å². The molecule has 2 rings (SSSR count). The largest absolute Gasteiger partial charge is 0.496 e. The molecule has 0 unspecified atom stereocenters. The molecule has 0 radical (unpaired) electrons. The molecule has 1 aromatic carbocycles. The van der Waals surface area contributed by atoms with Crippen molar-refractivity contribution in [2.75, 3.05) is 7.11 Å². The number of aryl methyl sites for hydroxylation is 1. The highest BCUT2D eigenvalue weighted by Crippen LogP contribution is 2.26. The van der Waals surface area contributed by atoms with Gasteiger partial charge in [-0.3, -0.25) is 0 Å². The van der Waals surface area contributed by atoms with Gasteiger partial charge in [-0.15, -0.1) is 0 Å². The van der Waals surface area contributed by atoms with Gasteiger partial charge in [0.1, 0.15) is 11.8 Å². The summed E-state index contributed by atoms with van der Waals surface area (Å²) >= 11 is 0.